The van der Waals surface area contributed by atoms with Crippen LogP contribution in [-0.4, -0.2) is 116 Å². The summed E-state index contributed by atoms with van der Waals surface area (Å²) < 4.78 is 11.1. The van der Waals surface area contributed by atoms with Crippen LogP contribution in [0.1, 0.15) is 123 Å². The molecule has 0 radical (unpaired) electrons. The van der Waals surface area contributed by atoms with Gasteiger partial charge in [0.25, 0.3) is 5.91 Å². The molecular formula is C54H67ClN8O9S. The van der Waals surface area contributed by atoms with E-state index in [1.807, 2.05) is 93.9 Å². The van der Waals surface area contributed by atoms with Gasteiger partial charge in [0.2, 0.25) is 29.2 Å². The van der Waals surface area contributed by atoms with E-state index in [1.54, 1.807) is 16.2 Å². The number of aliphatic hydroxyl groups excluding tert-OH is 1. The van der Waals surface area contributed by atoms with E-state index in [-0.39, 0.29) is 61.1 Å². The lowest BCUT2D eigenvalue weighted by atomic mass is 9.85. The van der Waals surface area contributed by atoms with Gasteiger partial charge in [-0.15, -0.1) is 11.3 Å². The van der Waals surface area contributed by atoms with Gasteiger partial charge in [0.15, 0.2) is 0 Å². The van der Waals surface area contributed by atoms with E-state index in [1.165, 1.54) is 11.8 Å². The number of β-amino-alcohol motifs (C(OH)–C–C–N with tert-alkyl or cyclic N) is 1. The minimum atomic E-state index is -0.866. The number of nitrogens with one attached hydrogen (secondary N) is 2. The summed E-state index contributed by atoms with van der Waals surface area (Å²) in [6, 6.07) is 21.8. The van der Waals surface area contributed by atoms with Gasteiger partial charge in [0, 0.05) is 64.1 Å². The van der Waals surface area contributed by atoms with Crippen LogP contribution in [0.15, 0.2) is 82.8 Å². The Labute approximate surface area is 435 Å². The molecule has 2 aromatic heterocycles. The number of aryl methyl sites for hydroxylation is 2. The van der Waals surface area contributed by atoms with Crippen LogP contribution in [0, 0.1) is 29.4 Å². The van der Waals surface area contributed by atoms with Gasteiger partial charge in [-0.05, 0) is 71.7 Å². The highest BCUT2D eigenvalue weighted by molar-refractivity contribution is 7.13. The number of hydrogen-bond acceptors (Lipinski definition) is 13. The third kappa shape index (κ3) is 14.3. The molecule has 1 unspecified atom stereocenters. The first kappa shape index (κ1) is 54.6. The summed E-state index contributed by atoms with van der Waals surface area (Å²) in [7, 11) is 0. The lowest BCUT2D eigenvalue weighted by Gasteiger charge is -2.39. The zero-order chi connectivity index (χ0) is 52.2. The summed E-state index contributed by atoms with van der Waals surface area (Å²) >= 11 is 7.83. The van der Waals surface area contributed by atoms with E-state index in [0.29, 0.717) is 44.2 Å². The van der Waals surface area contributed by atoms with Gasteiger partial charge in [-0.1, -0.05) is 118 Å². The summed E-state index contributed by atoms with van der Waals surface area (Å²) in [5.41, 5.74) is 5.53. The zero-order valence-electron chi connectivity index (χ0n) is 42.3. The fourth-order valence-electron chi connectivity index (χ4n) is 9.54. The number of carbonyl (C=O) groups excluding carboxylic acids is 4. The highest BCUT2D eigenvalue weighted by Crippen LogP contribution is 2.34. The topological polar surface area (TPSA) is 214 Å². The molecule has 0 aliphatic carbocycles. The summed E-state index contributed by atoms with van der Waals surface area (Å²) in [5, 5.41) is 32.4. The van der Waals surface area contributed by atoms with E-state index in [2.05, 4.69) is 37.8 Å². The monoisotopic (exact) mass is 1040 g/mol. The molecule has 4 atom stereocenters. The second kappa shape index (κ2) is 25.1. The molecular weight excluding hydrogens is 972 g/mol. The molecule has 2 aliphatic rings. The van der Waals surface area contributed by atoms with Gasteiger partial charge >= 0.3 is 5.69 Å². The molecule has 2 fully saturated rings. The number of piperazine rings is 1. The number of ether oxygens (including phenoxy) is 1. The largest absolute Gasteiger partial charge is 0.494 e. The molecule has 4 amide bonds. The number of unbranched alkanes of at least 4 members (excludes halogenated alkanes) is 6. The van der Waals surface area contributed by atoms with Gasteiger partial charge < -0.3 is 34.8 Å². The second-order valence-corrected chi connectivity index (χ2v) is 21.4. The van der Waals surface area contributed by atoms with Gasteiger partial charge in [-0.25, -0.2) is 4.98 Å². The number of aromatic nitrogens is 2. The predicted molar refractivity (Wildman–Crippen MR) is 279 cm³/mol. The van der Waals surface area contributed by atoms with Crippen LogP contribution in [0.5, 0.6) is 5.75 Å². The number of thiazole rings is 1. The third-order valence-electron chi connectivity index (χ3n) is 13.6. The van der Waals surface area contributed by atoms with Gasteiger partial charge in [0.05, 0.1) is 39.8 Å². The van der Waals surface area contributed by atoms with Gasteiger partial charge in [-0.3, -0.25) is 34.2 Å². The Morgan fingerprint density at radius 2 is 1.53 bits per heavy atom. The molecule has 0 spiro atoms. The molecule has 2 aliphatic heterocycles. The van der Waals surface area contributed by atoms with Crippen molar-refractivity contribution in [3.63, 3.8) is 0 Å². The van der Waals surface area contributed by atoms with E-state index in [4.69, 9.17) is 20.9 Å². The molecule has 2 saturated heterocycles. The Bertz CT molecular complexity index is 2660. The number of likely N-dealkylation sites (tertiary alicyclic amines) is 1. The van der Waals surface area contributed by atoms with Gasteiger partial charge in [0.1, 0.15) is 17.8 Å². The highest BCUT2D eigenvalue weighted by Gasteiger charge is 2.44. The van der Waals surface area contributed by atoms with E-state index >= 15 is 0 Å². The maximum atomic E-state index is 14.0. The van der Waals surface area contributed by atoms with Crippen LogP contribution in [-0.2, 0) is 20.9 Å². The first-order chi connectivity index (χ1) is 35.0. The van der Waals surface area contributed by atoms with E-state index < -0.39 is 40.1 Å². The number of nitrogens with zero attached hydrogens (tertiary/aromatic N) is 6. The summed E-state index contributed by atoms with van der Waals surface area (Å²) in [4.78, 5) is 75.6. The fraction of sp³-hybridized carbons (Fsp3) is 0.481. The number of nitro groups is 1. The maximum absolute atomic E-state index is 14.0. The molecule has 390 valence electrons. The fourth-order valence-corrected chi connectivity index (χ4v) is 10.5. The third-order valence-corrected chi connectivity index (χ3v) is 14.8. The molecule has 0 bridgehead atoms. The van der Waals surface area contributed by atoms with Crippen molar-refractivity contribution in [3.05, 3.63) is 127 Å². The van der Waals surface area contributed by atoms with Crippen molar-refractivity contribution in [1.29, 1.82) is 0 Å². The van der Waals surface area contributed by atoms with Crippen LogP contribution in [0.25, 0.3) is 10.4 Å². The van der Waals surface area contributed by atoms with Crippen molar-refractivity contribution in [1.82, 2.24) is 35.5 Å². The normalized spacial score (nSPS) is 17.0. The molecule has 19 heteroatoms. The predicted octanol–water partition coefficient (Wildman–Crippen LogP) is 8.83. The number of carbonyl (C=O) groups is 4. The van der Waals surface area contributed by atoms with E-state index in [9.17, 15) is 34.4 Å². The quantitative estimate of drug-likeness (QED) is 0.0337. The molecule has 73 heavy (non-hydrogen) atoms. The van der Waals surface area contributed by atoms with Crippen molar-refractivity contribution in [2.24, 2.45) is 5.41 Å². The van der Waals surface area contributed by atoms with Crippen LogP contribution in [0.3, 0.4) is 0 Å². The Kier molecular flexibility index (Phi) is 18.8. The standard InChI is InChI=1S/C54H67ClN8O9S/c1-35-49(73-34-57-35)40-16-14-37(15-17-40)32-56-51(66)44-31-42(64)33-62(44)53(68)50(54(3,4)5)58-45(65)13-11-9-7-6-8-10-12-30-71-43-24-20-39(21-25-43)48(38-18-22-41(55)23-19-38)60-26-28-61(29-27-60)52(67)46-47(63(69)70)36(2)72-59-46/h14-25,34,42,44,48,50,64H,6-13,26-33H2,1-5H3,(H,56,66)(H,58,65)/t42-,44+,48?,50-/m1/s1. The van der Waals surface area contributed by atoms with Gasteiger partial charge in [-0.2, -0.15) is 0 Å². The van der Waals surface area contributed by atoms with Crippen molar-refractivity contribution in [2.45, 2.75) is 123 Å². The number of benzene rings is 3. The molecule has 17 nitrogen and oxygen atoms in total. The lowest BCUT2D eigenvalue weighted by molar-refractivity contribution is -0.386. The van der Waals surface area contributed by atoms with Crippen LogP contribution in [0.4, 0.5) is 5.69 Å². The van der Waals surface area contributed by atoms with Crippen molar-refractivity contribution in [2.75, 3.05) is 39.3 Å². The molecule has 3 N–H and O–H groups in total. The average Bonchev–Trinajstić information content (AvgIpc) is 4.11. The molecule has 7 rings (SSSR count). The van der Waals surface area contributed by atoms with Crippen LogP contribution >= 0.6 is 22.9 Å². The second-order valence-electron chi connectivity index (χ2n) is 20.1. The number of hydrogen-bond donors (Lipinski definition) is 3. The number of aliphatic hydroxyl groups is 1. The van der Waals surface area contributed by atoms with Crippen molar-refractivity contribution < 1.29 is 38.5 Å². The number of amides is 4. The number of rotatable bonds is 22. The number of halogens is 1. The Balaban J connectivity index is 0.795. The van der Waals surface area contributed by atoms with Crippen molar-refractivity contribution in [3.8, 4) is 16.2 Å². The minimum Gasteiger partial charge on any atom is -0.494 e. The SMILES string of the molecule is Cc1ncsc1-c1ccc(CNC(=O)[C@@H]2C[C@@H](O)CN2C(=O)[C@@H](NC(=O)CCCCCCCCCOc2ccc(C(c3ccc(Cl)cc3)N3CCN(C(=O)c4noc(C)c4[N+](=O)[O-])CC3)cc2)C(C)(C)C)cc1. The molecule has 5 aromatic rings. The van der Waals surface area contributed by atoms with E-state index in [0.717, 1.165) is 77.1 Å². The van der Waals surface area contributed by atoms with Crippen molar-refractivity contribution >= 4 is 52.3 Å². The lowest BCUT2D eigenvalue weighted by Crippen LogP contribution is -2.57. The summed E-state index contributed by atoms with van der Waals surface area (Å²) in [6.45, 7) is 11.7. The summed E-state index contributed by atoms with van der Waals surface area (Å²) in [6.07, 6.45) is 6.12. The first-order valence-electron chi connectivity index (χ1n) is 25.2. The van der Waals surface area contributed by atoms with Crippen LogP contribution < -0.4 is 15.4 Å². The summed E-state index contributed by atoms with van der Waals surface area (Å²) in [5.74, 6) is -0.681. The molecule has 0 saturated carbocycles. The average molecular weight is 1040 g/mol. The smallest absolute Gasteiger partial charge is 0.344 e. The molecule has 4 heterocycles. The Hall–Kier alpha value is -6.21. The maximum Gasteiger partial charge on any atom is 0.344 e. The molecule has 3 aromatic carbocycles. The zero-order valence-corrected chi connectivity index (χ0v) is 43.9. The minimum absolute atomic E-state index is 0.00572. The van der Waals surface area contributed by atoms with Crippen LogP contribution in [0.2, 0.25) is 5.02 Å². The first-order valence-corrected chi connectivity index (χ1v) is 26.4. The Morgan fingerprint density at radius 3 is 2.15 bits per heavy atom. The Morgan fingerprint density at radius 1 is 0.904 bits per heavy atom. The highest BCUT2D eigenvalue weighted by atomic mass is 35.5.